The maximum absolute atomic E-state index is 15.3. The average Bonchev–Trinajstić information content (AvgIpc) is 1.46. The third kappa shape index (κ3) is 22.6. The van der Waals surface area contributed by atoms with E-state index in [1.807, 2.05) is 82.2 Å². The van der Waals surface area contributed by atoms with Gasteiger partial charge in [0.2, 0.25) is 65.0 Å². The molecule has 89 heavy (non-hydrogen) atoms. The van der Waals surface area contributed by atoms with E-state index >= 15 is 24.0 Å². The molecule has 0 radical (unpaired) electrons. The van der Waals surface area contributed by atoms with Gasteiger partial charge in [0, 0.05) is 49.3 Å². The summed E-state index contributed by atoms with van der Waals surface area (Å²) >= 11 is 0. The number of likely N-dealkylation sites (N-methyl/N-ethyl adjacent to an activating group) is 7. The molecule has 23 heteroatoms. The fourth-order valence-corrected chi connectivity index (χ4v) is 11.5. The number of carbonyl (C=O) groups excluding carboxylic acids is 11. The zero-order valence-electron chi connectivity index (χ0n) is 59.2. The number of aliphatic hydroxyl groups is 1. The Balaban J connectivity index is 4.48. The number of allylic oxidation sites excluding steroid dienone is 2. The molecule has 0 aliphatic carbocycles. The number of hydrogen-bond acceptors (Lipinski definition) is 12. The van der Waals surface area contributed by atoms with Crippen LogP contribution in [0.1, 0.15) is 176 Å². The largest absolute Gasteiger partial charge is 0.390 e. The van der Waals surface area contributed by atoms with Gasteiger partial charge in [0.25, 0.3) is 0 Å². The molecule has 5 N–H and O–H groups in total. The van der Waals surface area contributed by atoms with E-state index in [4.69, 9.17) is 0 Å². The van der Waals surface area contributed by atoms with Gasteiger partial charge in [-0.15, -0.1) is 0 Å². The van der Waals surface area contributed by atoms with Crippen LogP contribution in [0.5, 0.6) is 0 Å². The van der Waals surface area contributed by atoms with Crippen LogP contribution >= 0.6 is 0 Å². The molecule has 1 fully saturated rings. The number of hydrogen-bond donors (Lipinski definition) is 5. The molecule has 1 rings (SSSR count). The lowest BCUT2D eigenvalue weighted by atomic mass is 9.91. The summed E-state index contributed by atoms with van der Waals surface area (Å²) in [5.74, 6) is -9.83. The number of carbonyl (C=O) groups is 11. The fraction of sp³-hybridized carbons (Fsp3) is 0.803. The first-order valence-electron chi connectivity index (χ1n) is 32.4. The molecular formula is C66H119N11O12. The summed E-state index contributed by atoms with van der Waals surface area (Å²) < 4.78 is 0. The van der Waals surface area contributed by atoms with E-state index in [2.05, 4.69) is 21.3 Å². The van der Waals surface area contributed by atoms with Gasteiger partial charge >= 0.3 is 0 Å². The second kappa shape index (κ2) is 36.6. The van der Waals surface area contributed by atoms with Gasteiger partial charge in [-0.3, -0.25) is 52.7 Å². The van der Waals surface area contributed by atoms with Gasteiger partial charge in [-0.25, -0.2) is 0 Å². The molecule has 0 spiro atoms. The first-order chi connectivity index (χ1) is 41.0. The molecule has 0 bridgehead atoms. The quantitative estimate of drug-likeness (QED) is 0.124. The minimum atomic E-state index is -1.62. The Morgan fingerprint density at radius 1 is 0.393 bits per heavy atom. The van der Waals surface area contributed by atoms with Crippen LogP contribution in [0.15, 0.2) is 12.2 Å². The van der Waals surface area contributed by atoms with E-state index in [-0.39, 0.29) is 68.1 Å². The van der Waals surface area contributed by atoms with E-state index in [9.17, 15) is 33.9 Å². The highest BCUT2D eigenvalue weighted by Gasteiger charge is 2.46. The van der Waals surface area contributed by atoms with Crippen molar-refractivity contribution in [1.82, 2.24) is 55.6 Å². The first-order valence-corrected chi connectivity index (χ1v) is 32.4. The first kappa shape index (κ1) is 80.9. The van der Waals surface area contributed by atoms with E-state index in [1.165, 1.54) is 92.6 Å². The average molecular weight is 1260 g/mol. The Morgan fingerprint density at radius 3 is 1.13 bits per heavy atom. The summed E-state index contributed by atoms with van der Waals surface area (Å²) in [6, 6.07) is -13.6. The van der Waals surface area contributed by atoms with Crippen LogP contribution in [0.2, 0.25) is 0 Å². The Kier molecular flexibility index (Phi) is 33.3. The highest BCUT2D eigenvalue weighted by molar-refractivity contribution is 6.00. The highest BCUT2D eigenvalue weighted by Crippen LogP contribution is 2.26. The summed E-state index contributed by atoms with van der Waals surface area (Å²) in [5, 5.41) is 23.4. The van der Waals surface area contributed by atoms with Crippen LogP contribution < -0.4 is 21.3 Å². The Bertz CT molecular complexity index is 2430. The minimum absolute atomic E-state index is 0.0173. The van der Waals surface area contributed by atoms with E-state index in [1.54, 1.807) is 47.6 Å². The third-order valence-corrected chi connectivity index (χ3v) is 17.1. The number of rotatable bonds is 17. The Morgan fingerprint density at radius 2 is 0.742 bits per heavy atom. The molecular weight excluding hydrogens is 1140 g/mol. The molecule has 23 nitrogen and oxygen atoms in total. The van der Waals surface area contributed by atoms with Crippen molar-refractivity contribution >= 4 is 65.0 Å². The van der Waals surface area contributed by atoms with Crippen LogP contribution in [0, 0.1) is 47.3 Å². The number of aliphatic hydroxyl groups excluding tert-OH is 1. The van der Waals surface area contributed by atoms with Gasteiger partial charge in [0.05, 0.1) is 6.10 Å². The molecule has 13 atom stereocenters. The molecule has 1 aliphatic rings. The van der Waals surface area contributed by atoms with Crippen molar-refractivity contribution in [3.8, 4) is 0 Å². The highest BCUT2D eigenvalue weighted by atomic mass is 16.3. The van der Waals surface area contributed by atoms with Gasteiger partial charge < -0.3 is 60.7 Å². The van der Waals surface area contributed by atoms with Crippen molar-refractivity contribution in [1.29, 1.82) is 0 Å². The minimum Gasteiger partial charge on any atom is -0.390 e. The van der Waals surface area contributed by atoms with E-state index in [0.29, 0.717) is 6.42 Å². The van der Waals surface area contributed by atoms with Crippen LogP contribution in [-0.2, 0) is 52.7 Å². The SMILES string of the molecule is C/C=C/C[C@@H](C)[C@@H](O)[C@H]1C(=O)N[C@@H](CC)C(=O)N(C)[C@@H](CC(C)C)C(=O)N(C)[C@@H](CC(C)C)C(=O)N[C@@H](C(C)C)C(=O)N(C)[C@@H](CC(C)C)C(=O)N[C@@H](C)C(=O)N[C@H](C)C(=O)N(C)[C@@H](CC(C)C)C(=O)N(C)[C@@H](CC(C)C)C(=O)N(C)[C@@H](C(C)C)C(=O)N1C. The van der Waals surface area contributed by atoms with Crippen molar-refractivity contribution in [2.45, 2.75) is 249 Å². The monoisotopic (exact) mass is 1260 g/mol. The summed E-state index contributed by atoms with van der Waals surface area (Å²) in [7, 11) is 10.1. The van der Waals surface area contributed by atoms with Gasteiger partial charge in [0.1, 0.15) is 66.5 Å². The number of nitrogens with one attached hydrogen (secondary N) is 4. The maximum atomic E-state index is 15.3. The number of nitrogens with zero attached hydrogens (tertiary/aromatic N) is 7. The van der Waals surface area contributed by atoms with Crippen LogP contribution in [0.25, 0.3) is 0 Å². The standard InChI is InChI=1S/C66H119N11O12/c1-27-29-30-43(17)55(78)54-59(82)69-46(28-2)61(84)74(23)50(34-39(9)10)62(85)71(20)48(32-37(5)6)58(81)70-52(41(13)14)65(88)72(21)47(31-36(3)4)57(80)67-44(18)56(79)68-45(19)60(83)73(22)49(33-38(7)8)63(86)75(24)51(35-40(11)12)64(87)76(25)53(42(15)16)66(89)77(54)26/h27,29,36-55,78H,28,30-35H2,1-26H3,(H,67,80)(H,68,79)(H,69,82)(H,70,81)/b29-27+/t43-,44+,45-,46+,47+,48+,49+,50+,51+,52+,53+,54+,55-/m1/s1. The summed E-state index contributed by atoms with van der Waals surface area (Å²) in [6.45, 7) is 33.8. The fourth-order valence-electron chi connectivity index (χ4n) is 11.5. The normalized spacial score (nSPS) is 27.1. The molecule has 1 aliphatic heterocycles. The van der Waals surface area contributed by atoms with E-state index in [0.717, 1.165) is 4.90 Å². The predicted molar refractivity (Wildman–Crippen MR) is 347 cm³/mol. The number of amides is 11. The lowest BCUT2D eigenvalue weighted by molar-refractivity contribution is -0.157. The summed E-state index contributed by atoms with van der Waals surface area (Å²) in [5.41, 5.74) is 0. The predicted octanol–water partition coefficient (Wildman–Crippen LogP) is 4.68. The molecule has 0 aromatic carbocycles. The van der Waals surface area contributed by atoms with Gasteiger partial charge in [0.15, 0.2) is 0 Å². The molecule has 0 unspecified atom stereocenters. The van der Waals surface area contributed by atoms with Crippen molar-refractivity contribution in [2.75, 3.05) is 49.3 Å². The van der Waals surface area contributed by atoms with Crippen LogP contribution in [0.4, 0.5) is 0 Å². The molecule has 11 amide bonds. The Hall–Kier alpha value is -6.13. The van der Waals surface area contributed by atoms with Crippen LogP contribution in [-0.4, -0.2) is 226 Å². The van der Waals surface area contributed by atoms with Gasteiger partial charge in [-0.1, -0.05) is 123 Å². The molecule has 1 heterocycles. The molecule has 0 aromatic rings. The van der Waals surface area contributed by atoms with Crippen molar-refractivity contribution < 1.29 is 57.8 Å². The molecule has 1 saturated heterocycles. The summed E-state index contributed by atoms with van der Waals surface area (Å²) in [4.78, 5) is 172. The molecule has 0 saturated carbocycles. The second-order valence-electron chi connectivity index (χ2n) is 27.9. The summed E-state index contributed by atoms with van der Waals surface area (Å²) in [6.07, 6.45) is 3.17. The lowest BCUT2D eigenvalue weighted by Crippen LogP contribution is -2.64. The van der Waals surface area contributed by atoms with Crippen LogP contribution in [0.3, 0.4) is 0 Å². The Labute approximate surface area is 534 Å². The van der Waals surface area contributed by atoms with Crippen molar-refractivity contribution in [2.24, 2.45) is 47.3 Å². The maximum Gasteiger partial charge on any atom is 0.246 e. The van der Waals surface area contributed by atoms with Gasteiger partial charge in [-0.05, 0) is 113 Å². The molecule has 0 aromatic heterocycles. The second-order valence-corrected chi connectivity index (χ2v) is 27.9. The molecule has 510 valence electrons. The zero-order chi connectivity index (χ0) is 69.1. The third-order valence-electron chi connectivity index (χ3n) is 17.1. The smallest absolute Gasteiger partial charge is 0.246 e. The van der Waals surface area contributed by atoms with Gasteiger partial charge in [-0.2, -0.15) is 0 Å². The lowest BCUT2D eigenvalue weighted by Gasteiger charge is -2.41. The topological polar surface area (TPSA) is 279 Å². The van der Waals surface area contributed by atoms with Crippen molar-refractivity contribution in [3.63, 3.8) is 0 Å². The van der Waals surface area contributed by atoms with Crippen molar-refractivity contribution in [3.05, 3.63) is 12.2 Å². The van der Waals surface area contributed by atoms with E-state index < -0.39 is 155 Å². The zero-order valence-corrected chi connectivity index (χ0v) is 59.2.